The molecular weight excluding hydrogens is 578 g/mol. The highest BCUT2D eigenvalue weighted by atomic mass is 127. The second-order valence-corrected chi connectivity index (χ2v) is 9.44. The van der Waals surface area contributed by atoms with Crippen LogP contribution in [0.3, 0.4) is 0 Å². The van der Waals surface area contributed by atoms with E-state index in [9.17, 15) is 17.6 Å². The number of hydrogen-bond acceptors (Lipinski definition) is 0. The van der Waals surface area contributed by atoms with Crippen LogP contribution in [0, 0.1) is 30.4 Å². The Kier molecular flexibility index (Phi) is 5.94. The van der Waals surface area contributed by atoms with Gasteiger partial charge in [0, 0.05) is 21.8 Å². The van der Waals surface area contributed by atoms with Crippen molar-refractivity contribution in [3.05, 3.63) is 85.0 Å². The Morgan fingerprint density at radius 2 is 1.12 bits per heavy atom. The second kappa shape index (κ2) is 7.83. The van der Waals surface area contributed by atoms with Crippen molar-refractivity contribution in [2.24, 2.45) is 0 Å². The van der Waals surface area contributed by atoms with Gasteiger partial charge in [0.15, 0.2) is 38.0 Å². The van der Waals surface area contributed by atoms with E-state index in [1.54, 1.807) is 0 Å². The van der Waals surface area contributed by atoms with Gasteiger partial charge in [0.25, 0.3) is 0 Å². The summed E-state index contributed by atoms with van der Waals surface area (Å²) in [5, 5.41) is 0. The van der Waals surface area contributed by atoms with Gasteiger partial charge in [-0.3, -0.25) is 0 Å². The zero-order valence-corrected chi connectivity index (χ0v) is 17.5. The van der Waals surface area contributed by atoms with Crippen LogP contribution in [0.25, 0.3) is 0 Å². The van der Waals surface area contributed by atoms with E-state index in [0.29, 0.717) is 9.79 Å². The third-order valence-corrected chi connectivity index (χ3v) is 7.57. The summed E-state index contributed by atoms with van der Waals surface area (Å²) in [5.74, 6) is -3.85. The van der Waals surface area contributed by atoms with E-state index in [-0.39, 0.29) is 0 Å². The smallest absolute Gasteiger partial charge is 0.180 e. The summed E-state index contributed by atoms with van der Waals surface area (Å²) in [7, 11) is -0.899. The summed E-state index contributed by atoms with van der Waals surface area (Å²) < 4.78 is 56.1. The SMILES string of the molecule is Fc1ccc([S+](c2ccc(F)c(F)c2)c2cc(I)ccc2I)cc1F. The summed E-state index contributed by atoms with van der Waals surface area (Å²) in [6.45, 7) is 0. The summed E-state index contributed by atoms with van der Waals surface area (Å²) in [5.41, 5.74) is 0. The minimum absolute atomic E-state index is 0.491. The van der Waals surface area contributed by atoms with Crippen LogP contribution >= 0.6 is 45.2 Å². The number of halogens is 6. The molecule has 7 heteroatoms. The Hall–Kier alpha value is -0.810. The fraction of sp³-hybridized carbons (Fsp3) is 0. The van der Waals surface area contributed by atoms with Gasteiger partial charge >= 0.3 is 0 Å². The zero-order valence-electron chi connectivity index (χ0n) is 12.4. The van der Waals surface area contributed by atoms with Gasteiger partial charge in [-0.2, -0.15) is 0 Å². The molecule has 0 atom stereocenters. The molecule has 0 fully saturated rings. The zero-order chi connectivity index (χ0) is 18.1. The molecule has 128 valence electrons. The lowest BCUT2D eigenvalue weighted by Gasteiger charge is -2.10. The van der Waals surface area contributed by atoms with Crippen molar-refractivity contribution < 1.29 is 17.6 Å². The van der Waals surface area contributed by atoms with Gasteiger partial charge in [-0.25, -0.2) is 17.6 Å². The van der Waals surface area contributed by atoms with Crippen molar-refractivity contribution in [3.8, 4) is 0 Å². The lowest BCUT2D eigenvalue weighted by molar-refractivity contribution is 0.505. The summed E-state index contributed by atoms with van der Waals surface area (Å²) in [4.78, 5) is 1.82. The Labute approximate surface area is 172 Å². The van der Waals surface area contributed by atoms with Crippen LogP contribution in [0.15, 0.2) is 69.3 Å². The number of hydrogen-bond donors (Lipinski definition) is 0. The highest BCUT2D eigenvalue weighted by Crippen LogP contribution is 2.35. The topological polar surface area (TPSA) is 0 Å². The van der Waals surface area contributed by atoms with Crippen molar-refractivity contribution in [1.29, 1.82) is 0 Å². The maximum atomic E-state index is 13.8. The van der Waals surface area contributed by atoms with Gasteiger partial charge in [0.2, 0.25) is 0 Å². The lowest BCUT2D eigenvalue weighted by atomic mass is 10.3. The van der Waals surface area contributed by atoms with Crippen LogP contribution in [-0.2, 0) is 10.9 Å². The molecule has 0 unspecified atom stereocenters. The van der Waals surface area contributed by atoms with E-state index in [1.807, 2.05) is 18.2 Å². The van der Waals surface area contributed by atoms with Gasteiger partial charge < -0.3 is 0 Å². The Morgan fingerprint density at radius 3 is 1.60 bits per heavy atom. The molecule has 0 aliphatic rings. The highest BCUT2D eigenvalue weighted by molar-refractivity contribution is 14.1. The van der Waals surface area contributed by atoms with Crippen molar-refractivity contribution in [2.45, 2.75) is 14.7 Å². The molecule has 3 aromatic carbocycles. The maximum Gasteiger partial charge on any atom is 0.180 e. The van der Waals surface area contributed by atoms with Crippen molar-refractivity contribution in [2.75, 3.05) is 0 Å². The van der Waals surface area contributed by atoms with Gasteiger partial charge in [-0.05, 0) is 81.6 Å². The van der Waals surface area contributed by atoms with Gasteiger partial charge in [-0.1, -0.05) is 0 Å². The first-order chi connectivity index (χ1) is 11.9. The molecule has 0 saturated heterocycles. The van der Waals surface area contributed by atoms with Crippen LogP contribution in [0.2, 0.25) is 0 Å². The number of rotatable bonds is 3. The van der Waals surface area contributed by atoms with Crippen molar-refractivity contribution >= 4 is 56.1 Å². The monoisotopic (exact) mass is 587 g/mol. The fourth-order valence-electron chi connectivity index (χ4n) is 2.23. The number of benzene rings is 3. The molecule has 3 aromatic rings. The molecule has 0 bridgehead atoms. The van der Waals surface area contributed by atoms with Crippen LogP contribution in [0.5, 0.6) is 0 Å². The predicted molar refractivity (Wildman–Crippen MR) is 107 cm³/mol. The summed E-state index contributed by atoms with van der Waals surface area (Å²) >= 11 is 4.30. The largest absolute Gasteiger partial charge is 0.204 e. The molecule has 0 amide bonds. The third-order valence-electron chi connectivity index (χ3n) is 3.37. The standard InChI is InChI=1S/C18H9F4I2S/c19-13-4-2-11(8-15(13)21)25(12-3-5-14(20)16(22)9-12)18-7-10(23)1-6-17(18)24/h1-9H/q+1. The van der Waals surface area contributed by atoms with Crippen LogP contribution in [-0.4, -0.2) is 0 Å². The minimum Gasteiger partial charge on any atom is -0.204 e. The molecule has 3 rings (SSSR count). The van der Waals surface area contributed by atoms with Gasteiger partial charge in [0.05, 0.1) is 3.57 Å². The third kappa shape index (κ3) is 4.13. The first kappa shape index (κ1) is 19.0. The van der Waals surface area contributed by atoms with E-state index >= 15 is 0 Å². The molecule has 0 N–H and O–H groups in total. The average molecular weight is 587 g/mol. The van der Waals surface area contributed by atoms with E-state index in [2.05, 4.69) is 45.2 Å². The summed E-state index contributed by atoms with van der Waals surface area (Å²) in [6, 6.07) is 13.0. The second-order valence-electron chi connectivity index (χ2n) is 5.03. The molecule has 0 nitrogen and oxygen atoms in total. The molecule has 25 heavy (non-hydrogen) atoms. The highest BCUT2D eigenvalue weighted by Gasteiger charge is 2.33. The van der Waals surface area contributed by atoms with E-state index in [4.69, 9.17) is 0 Å². The predicted octanol–water partition coefficient (Wildman–Crippen LogP) is 6.55. The van der Waals surface area contributed by atoms with E-state index in [0.717, 1.165) is 36.3 Å². The van der Waals surface area contributed by atoms with E-state index in [1.165, 1.54) is 12.1 Å². The van der Waals surface area contributed by atoms with Gasteiger partial charge in [-0.15, -0.1) is 0 Å². The molecule has 0 spiro atoms. The van der Waals surface area contributed by atoms with Crippen molar-refractivity contribution in [3.63, 3.8) is 0 Å². The van der Waals surface area contributed by atoms with Crippen LogP contribution in [0.1, 0.15) is 0 Å². The van der Waals surface area contributed by atoms with Crippen molar-refractivity contribution in [1.82, 2.24) is 0 Å². The molecule has 0 radical (unpaired) electrons. The fourth-order valence-corrected chi connectivity index (χ4v) is 6.07. The first-order valence-electron chi connectivity index (χ1n) is 6.96. The molecule has 0 aliphatic heterocycles. The average Bonchev–Trinajstić information content (AvgIpc) is 2.57. The molecule has 0 heterocycles. The lowest BCUT2D eigenvalue weighted by Crippen LogP contribution is -2.09. The summed E-state index contributed by atoms with van der Waals surface area (Å²) in [6.07, 6.45) is 0. The molecule has 0 saturated carbocycles. The molecule has 0 aliphatic carbocycles. The normalized spacial score (nSPS) is 11.2. The van der Waals surface area contributed by atoms with Crippen LogP contribution in [0.4, 0.5) is 17.6 Å². The van der Waals surface area contributed by atoms with E-state index < -0.39 is 34.2 Å². The Morgan fingerprint density at radius 1 is 0.600 bits per heavy atom. The quantitative estimate of drug-likeness (QED) is 0.186. The molecule has 0 aromatic heterocycles. The Bertz CT molecular complexity index is 895. The van der Waals surface area contributed by atoms with Gasteiger partial charge in [0.1, 0.15) is 10.9 Å². The Balaban J connectivity index is 2.25. The minimum atomic E-state index is -0.974. The molecular formula is C18H9F4I2S+. The maximum absolute atomic E-state index is 13.8. The first-order valence-corrected chi connectivity index (χ1v) is 10.3. The van der Waals surface area contributed by atoms with Crippen LogP contribution < -0.4 is 0 Å².